The minimum absolute atomic E-state index is 0.0274. The molecule has 5 nitrogen and oxygen atoms in total. The molecule has 2 aromatic rings. The second-order valence-corrected chi connectivity index (χ2v) is 6.47. The van der Waals surface area contributed by atoms with Crippen molar-refractivity contribution in [2.75, 3.05) is 13.2 Å². The molecule has 0 radical (unpaired) electrons. The molecule has 1 aliphatic carbocycles. The minimum Gasteiger partial charge on any atom is -0.548 e. The van der Waals surface area contributed by atoms with Crippen LogP contribution in [0.1, 0.15) is 29.9 Å². The number of hydrogen-bond acceptors (Lipinski definition) is 4. The number of carboxylic acids is 1. The number of hydrogen-bond donors (Lipinski definition) is 0. The Kier molecular flexibility index (Phi) is 3.92. The third-order valence-electron chi connectivity index (χ3n) is 5.10. The van der Waals surface area contributed by atoms with Gasteiger partial charge in [-0.25, -0.2) is 4.79 Å². The van der Waals surface area contributed by atoms with Crippen LogP contribution >= 0.6 is 0 Å². The number of carboxylic acid groups (broad SMARTS) is 1. The summed E-state index contributed by atoms with van der Waals surface area (Å²) in [5.74, 6) is -1.24. The van der Waals surface area contributed by atoms with E-state index in [0.717, 1.165) is 22.3 Å². The summed E-state index contributed by atoms with van der Waals surface area (Å²) >= 11 is 0. The second kappa shape index (κ2) is 6.24. The third kappa shape index (κ3) is 2.65. The van der Waals surface area contributed by atoms with Gasteiger partial charge in [-0.05, 0) is 35.1 Å². The number of aliphatic carboxylic acids is 1. The van der Waals surface area contributed by atoms with Crippen LogP contribution in [-0.2, 0) is 9.53 Å². The smallest absolute Gasteiger partial charge is 0.410 e. The number of ether oxygens (including phenoxy) is 1. The maximum atomic E-state index is 12.4. The number of fused-ring (bicyclic) bond motifs is 3. The molecule has 5 heteroatoms. The summed E-state index contributed by atoms with van der Waals surface area (Å²) in [5.41, 5.74) is 4.59. The average Bonchev–Trinajstić information content (AvgIpc) is 3.23. The van der Waals surface area contributed by atoms with Crippen LogP contribution in [0.15, 0.2) is 48.5 Å². The highest BCUT2D eigenvalue weighted by Gasteiger charge is 2.33. The van der Waals surface area contributed by atoms with Gasteiger partial charge in [0.05, 0.1) is 12.0 Å². The summed E-state index contributed by atoms with van der Waals surface area (Å²) in [4.78, 5) is 24.8. The number of nitrogens with zero attached hydrogens (tertiary/aromatic N) is 1. The molecule has 1 amide bonds. The van der Waals surface area contributed by atoms with Crippen LogP contribution in [0.2, 0.25) is 0 Å². The molecule has 0 unspecified atom stereocenters. The number of amides is 1. The molecule has 0 N–H and O–H groups in total. The molecule has 2 aromatic carbocycles. The van der Waals surface area contributed by atoms with Gasteiger partial charge in [0.15, 0.2) is 0 Å². The number of likely N-dealkylation sites (tertiary alicyclic amines) is 1. The van der Waals surface area contributed by atoms with Crippen LogP contribution in [0.5, 0.6) is 0 Å². The van der Waals surface area contributed by atoms with Gasteiger partial charge in [-0.2, -0.15) is 0 Å². The lowest BCUT2D eigenvalue weighted by Gasteiger charge is -2.25. The van der Waals surface area contributed by atoms with Gasteiger partial charge in [-0.1, -0.05) is 48.5 Å². The highest BCUT2D eigenvalue weighted by Crippen LogP contribution is 2.44. The summed E-state index contributed by atoms with van der Waals surface area (Å²) in [6, 6.07) is 15.3. The Morgan fingerprint density at radius 2 is 1.64 bits per heavy atom. The highest BCUT2D eigenvalue weighted by atomic mass is 16.6. The van der Waals surface area contributed by atoms with E-state index in [1.807, 2.05) is 36.4 Å². The van der Waals surface area contributed by atoms with Crippen molar-refractivity contribution in [1.29, 1.82) is 0 Å². The second-order valence-electron chi connectivity index (χ2n) is 6.47. The molecule has 0 saturated carbocycles. The van der Waals surface area contributed by atoms with Crippen molar-refractivity contribution in [2.24, 2.45) is 0 Å². The molecule has 0 aromatic heterocycles. The maximum Gasteiger partial charge on any atom is 0.410 e. The first kappa shape index (κ1) is 15.7. The van der Waals surface area contributed by atoms with E-state index < -0.39 is 18.1 Å². The standard InChI is InChI=1S/C20H19NO4/c22-19(23)18-10-5-11-21(18)20(24)25-12-17-15-8-3-1-6-13(15)14-7-2-4-9-16(14)17/h1-4,6-9,17-18H,5,10-12H2,(H,22,23)/p-1/t18-/m0/s1. The predicted molar refractivity (Wildman–Crippen MR) is 89.8 cm³/mol. The van der Waals surface area contributed by atoms with Crippen LogP contribution in [-0.4, -0.2) is 36.2 Å². The van der Waals surface area contributed by atoms with Crippen molar-refractivity contribution in [2.45, 2.75) is 24.8 Å². The first-order chi connectivity index (χ1) is 12.2. The molecule has 128 valence electrons. The monoisotopic (exact) mass is 336 g/mol. The van der Waals surface area contributed by atoms with Crippen molar-refractivity contribution >= 4 is 12.1 Å². The molecule has 25 heavy (non-hydrogen) atoms. The summed E-state index contributed by atoms with van der Waals surface area (Å²) in [7, 11) is 0. The van der Waals surface area contributed by atoms with E-state index >= 15 is 0 Å². The summed E-state index contributed by atoms with van der Waals surface area (Å²) < 4.78 is 5.50. The van der Waals surface area contributed by atoms with E-state index in [4.69, 9.17) is 4.74 Å². The quantitative estimate of drug-likeness (QED) is 0.861. The van der Waals surface area contributed by atoms with Crippen LogP contribution in [0.4, 0.5) is 4.79 Å². The normalized spacial score (nSPS) is 18.7. The van der Waals surface area contributed by atoms with Gasteiger partial charge in [0.1, 0.15) is 6.61 Å². The summed E-state index contributed by atoms with van der Waals surface area (Å²) in [5, 5.41) is 11.1. The van der Waals surface area contributed by atoms with Gasteiger partial charge in [0.25, 0.3) is 0 Å². The fraction of sp³-hybridized carbons (Fsp3) is 0.300. The van der Waals surface area contributed by atoms with E-state index in [-0.39, 0.29) is 12.5 Å². The average molecular weight is 336 g/mol. The molecule has 1 saturated heterocycles. The van der Waals surface area contributed by atoms with Crippen molar-refractivity contribution in [3.63, 3.8) is 0 Å². The SMILES string of the molecule is O=C([O-])[C@@H]1CCCN1C(=O)OCC1c2ccccc2-c2ccccc21. The van der Waals surface area contributed by atoms with Crippen molar-refractivity contribution < 1.29 is 19.4 Å². The first-order valence-corrected chi connectivity index (χ1v) is 8.49. The zero-order chi connectivity index (χ0) is 17.4. The van der Waals surface area contributed by atoms with Crippen molar-refractivity contribution in [1.82, 2.24) is 4.90 Å². The lowest BCUT2D eigenvalue weighted by Crippen LogP contribution is -2.47. The summed E-state index contributed by atoms with van der Waals surface area (Å²) in [6.45, 7) is 0.596. The molecule has 1 aliphatic heterocycles. The topological polar surface area (TPSA) is 69.7 Å². The van der Waals surface area contributed by atoms with E-state index in [9.17, 15) is 14.7 Å². The highest BCUT2D eigenvalue weighted by molar-refractivity contribution is 5.80. The Labute approximate surface area is 145 Å². The van der Waals surface area contributed by atoms with Gasteiger partial charge in [0.2, 0.25) is 0 Å². The predicted octanol–water partition coefficient (Wildman–Crippen LogP) is 2.15. The van der Waals surface area contributed by atoms with E-state index in [1.54, 1.807) is 0 Å². The zero-order valence-corrected chi connectivity index (χ0v) is 13.7. The number of carbonyl (C=O) groups excluding carboxylic acids is 2. The molecule has 2 aliphatic rings. The largest absolute Gasteiger partial charge is 0.548 e. The van der Waals surface area contributed by atoms with E-state index in [0.29, 0.717) is 19.4 Å². The first-order valence-electron chi connectivity index (χ1n) is 8.49. The molecule has 1 atom stereocenters. The lowest BCUT2D eigenvalue weighted by molar-refractivity contribution is -0.310. The molecule has 1 fully saturated rings. The Balaban J connectivity index is 1.53. The van der Waals surface area contributed by atoms with Gasteiger partial charge in [-0.15, -0.1) is 0 Å². The molecular formula is C20H18NO4-. The van der Waals surface area contributed by atoms with Crippen molar-refractivity contribution in [3.8, 4) is 11.1 Å². The maximum absolute atomic E-state index is 12.4. The molecule has 1 heterocycles. The number of benzene rings is 2. The van der Waals surface area contributed by atoms with Crippen molar-refractivity contribution in [3.05, 3.63) is 59.7 Å². The van der Waals surface area contributed by atoms with Crippen LogP contribution < -0.4 is 5.11 Å². The molecule has 4 rings (SSSR count). The lowest BCUT2D eigenvalue weighted by atomic mass is 9.98. The fourth-order valence-corrected chi connectivity index (χ4v) is 3.91. The van der Waals surface area contributed by atoms with Crippen LogP contribution in [0.3, 0.4) is 0 Å². The third-order valence-corrected chi connectivity index (χ3v) is 5.10. The number of rotatable bonds is 3. The van der Waals surface area contributed by atoms with Crippen LogP contribution in [0.25, 0.3) is 11.1 Å². The Morgan fingerprint density at radius 1 is 1.04 bits per heavy atom. The molecule has 0 spiro atoms. The Hall–Kier alpha value is -2.82. The Morgan fingerprint density at radius 3 is 2.24 bits per heavy atom. The Bertz CT molecular complexity index is 786. The summed E-state index contributed by atoms with van der Waals surface area (Å²) in [6.07, 6.45) is 0.503. The van der Waals surface area contributed by atoms with Gasteiger partial charge >= 0.3 is 6.09 Å². The fourth-order valence-electron chi connectivity index (χ4n) is 3.91. The van der Waals surface area contributed by atoms with E-state index in [1.165, 1.54) is 4.90 Å². The van der Waals surface area contributed by atoms with Gasteiger partial charge in [0, 0.05) is 12.5 Å². The zero-order valence-electron chi connectivity index (χ0n) is 13.7. The van der Waals surface area contributed by atoms with Gasteiger partial charge < -0.3 is 14.6 Å². The van der Waals surface area contributed by atoms with E-state index in [2.05, 4.69) is 12.1 Å². The van der Waals surface area contributed by atoms with Gasteiger partial charge in [-0.3, -0.25) is 4.90 Å². The molecule has 0 bridgehead atoms. The minimum atomic E-state index is -1.22. The number of carbonyl (C=O) groups is 2. The molecular weight excluding hydrogens is 318 g/mol. The van der Waals surface area contributed by atoms with Crippen LogP contribution in [0, 0.1) is 0 Å².